The number of benzene rings is 2. The number of fused-ring (bicyclic) bond motifs is 2. The van der Waals surface area contributed by atoms with Crippen molar-refractivity contribution in [1.82, 2.24) is 10.3 Å². The molecule has 1 unspecified atom stereocenters. The number of aromatic nitrogens is 1. The fourth-order valence-corrected chi connectivity index (χ4v) is 3.17. The molecule has 136 valence electrons. The van der Waals surface area contributed by atoms with Gasteiger partial charge in [0, 0.05) is 31.1 Å². The van der Waals surface area contributed by atoms with Crippen molar-refractivity contribution in [2.24, 2.45) is 5.73 Å². The number of ether oxygens (including phenoxy) is 1. The molecule has 2 aromatic carbocycles. The van der Waals surface area contributed by atoms with Crippen LogP contribution in [0.4, 0.5) is 6.01 Å². The van der Waals surface area contributed by atoms with Crippen LogP contribution in [0.2, 0.25) is 0 Å². The summed E-state index contributed by atoms with van der Waals surface area (Å²) >= 11 is 0. The second kappa shape index (κ2) is 7.33. The largest absolute Gasteiger partial charge is 0.493 e. The van der Waals surface area contributed by atoms with Crippen molar-refractivity contribution in [1.29, 1.82) is 0 Å². The molecule has 0 saturated carbocycles. The van der Waals surface area contributed by atoms with Gasteiger partial charge in [0.2, 0.25) is 0 Å². The zero-order valence-corrected chi connectivity index (χ0v) is 14.3. The average molecular weight is 354 g/mol. The molecule has 5 N–H and O–H groups in total. The van der Waals surface area contributed by atoms with Crippen molar-refractivity contribution in [3.05, 3.63) is 53.6 Å². The molecular formula is C19H22N4O3. The lowest BCUT2D eigenvalue weighted by molar-refractivity contribution is 0.110. The van der Waals surface area contributed by atoms with Gasteiger partial charge in [0.1, 0.15) is 17.5 Å². The van der Waals surface area contributed by atoms with Gasteiger partial charge in [-0.1, -0.05) is 24.3 Å². The first-order valence-corrected chi connectivity index (χ1v) is 8.75. The van der Waals surface area contributed by atoms with Crippen LogP contribution < -0.4 is 21.1 Å². The Morgan fingerprint density at radius 1 is 1.27 bits per heavy atom. The van der Waals surface area contributed by atoms with Crippen molar-refractivity contribution in [3.63, 3.8) is 0 Å². The topological polar surface area (TPSA) is 106 Å². The number of rotatable bonds is 6. The van der Waals surface area contributed by atoms with E-state index in [0.717, 1.165) is 23.3 Å². The number of hydrogen-bond donors (Lipinski definition) is 4. The third-order valence-electron chi connectivity index (χ3n) is 4.47. The molecule has 1 aromatic heterocycles. The molecule has 0 aliphatic carbocycles. The molecule has 4 rings (SSSR count). The van der Waals surface area contributed by atoms with Crippen LogP contribution in [-0.4, -0.2) is 29.8 Å². The lowest BCUT2D eigenvalue weighted by Gasteiger charge is -2.28. The molecule has 2 heterocycles. The average Bonchev–Trinajstić information content (AvgIpc) is 3.08. The molecule has 0 saturated heterocycles. The molecular weight excluding hydrogens is 332 g/mol. The number of oxazole rings is 1. The molecule has 1 aliphatic heterocycles. The van der Waals surface area contributed by atoms with Crippen molar-refractivity contribution in [2.75, 3.05) is 25.0 Å². The molecule has 1 aliphatic rings. The molecule has 0 spiro atoms. The van der Waals surface area contributed by atoms with E-state index in [9.17, 15) is 5.11 Å². The first kappa shape index (κ1) is 16.8. The number of nitrogens with zero attached hydrogens (tertiary/aromatic N) is 1. The first-order chi connectivity index (χ1) is 12.7. The Balaban J connectivity index is 1.52. The molecule has 3 aromatic rings. The Hall–Kier alpha value is -2.61. The number of aliphatic hydroxyl groups excluding tert-OH is 1. The van der Waals surface area contributed by atoms with Gasteiger partial charge in [-0.15, -0.1) is 0 Å². The van der Waals surface area contributed by atoms with Crippen LogP contribution >= 0.6 is 0 Å². The summed E-state index contributed by atoms with van der Waals surface area (Å²) in [7, 11) is 0. The van der Waals surface area contributed by atoms with Crippen molar-refractivity contribution in [3.8, 4) is 5.75 Å². The summed E-state index contributed by atoms with van der Waals surface area (Å²) in [6.45, 7) is 1.71. The van der Waals surface area contributed by atoms with E-state index in [-0.39, 0.29) is 6.04 Å². The maximum absolute atomic E-state index is 10.7. The highest BCUT2D eigenvalue weighted by molar-refractivity contribution is 5.75. The van der Waals surface area contributed by atoms with E-state index in [0.29, 0.717) is 36.8 Å². The number of nitrogens with one attached hydrogen (secondary N) is 2. The Morgan fingerprint density at radius 2 is 2.15 bits per heavy atom. The third-order valence-corrected chi connectivity index (χ3v) is 4.47. The van der Waals surface area contributed by atoms with Crippen LogP contribution in [0.15, 0.2) is 46.9 Å². The minimum Gasteiger partial charge on any atom is -0.493 e. The second-order valence-corrected chi connectivity index (χ2v) is 6.26. The van der Waals surface area contributed by atoms with E-state index in [4.69, 9.17) is 14.9 Å². The molecule has 0 bridgehead atoms. The Bertz CT molecular complexity index is 895. The van der Waals surface area contributed by atoms with Crippen LogP contribution in [0.3, 0.4) is 0 Å². The van der Waals surface area contributed by atoms with Crippen LogP contribution in [0.25, 0.3) is 11.1 Å². The zero-order chi connectivity index (χ0) is 17.9. The van der Waals surface area contributed by atoms with Gasteiger partial charge in [-0.2, -0.15) is 4.98 Å². The summed E-state index contributed by atoms with van der Waals surface area (Å²) in [5, 5.41) is 17.0. The standard InChI is InChI=1S/C19H22N4O3/c20-8-9-21-19-23-15-11-12(5-6-17(15)26-19)18(24)22-14-7-10-25-16-4-2-1-3-13(14)16/h1-6,11,14,18,22,24H,7-10,20H2,(H,21,23)/t14-,18?/m0/s1. The number of aliphatic hydroxyl groups is 1. The summed E-state index contributed by atoms with van der Waals surface area (Å²) in [5.41, 5.74) is 8.63. The highest BCUT2D eigenvalue weighted by Gasteiger charge is 2.23. The van der Waals surface area contributed by atoms with Gasteiger partial charge in [0.05, 0.1) is 6.61 Å². The number of anilines is 1. The maximum atomic E-state index is 10.7. The van der Waals surface area contributed by atoms with Crippen molar-refractivity contribution < 1.29 is 14.3 Å². The highest BCUT2D eigenvalue weighted by Crippen LogP contribution is 2.33. The number of nitrogens with two attached hydrogens (primary N) is 1. The summed E-state index contributed by atoms with van der Waals surface area (Å²) in [4.78, 5) is 4.38. The molecule has 0 amide bonds. The zero-order valence-electron chi connectivity index (χ0n) is 14.3. The predicted molar refractivity (Wildman–Crippen MR) is 98.9 cm³/mol. The quantitative estimate of drug-likeness (QED) is 0.503. The molecule has 7 nitrogen and oxygen atoms in total. The van der Waals surface area contributed by atoms with E-state index >= 15 is 0 Å². The lowest BCUT2D eigenvalue weighted by Crippen LogP contribution is -2.30. The van der Waals surface area contributed by atoms with Crippen molar-refractivity contribution >= 4 is 17.1 Å². The monoisotopic (exact) mass is 354 g/mol. The van der Waals surface area contributed by atoms with Gasteiger partial charge in [0.15, 0.2) is 5.58 Å². The Labute approximate surface area is 151 Å². The van der Waals surface area contributed by atoms with Gasteiger partial charge < -0.3 is 25.3 Å². The van der Waals surface area contributed by atoms with Crippen LogP contribution in [0, 0.1) is 0 Å². The number of hydrogen-bond acceptors (Lipinski definition) is 7. The molecule has 0 fully saturated rings. The van der Waals surface area contributed by atoms with E-state index in [1.54, 1.807) is 0 Å². The summed E-state index contributed by atoms with van der Waals surface area (Å²) in [6.07, 6.45) is -0.0133. The minimum absolute atomic E-state index is 0.0322. The van der Waals surface area contributed by atoms with Gasteiger partial charge in [-0.3, -0.25) is 5.32 Å². The van der Waals surface area contributed by atoms with E-state index in [1.165, 1.54) is 0 Å². The third kappa shape index (κ3) is 3.37. The van der Waals surface area contributed by atoms with Crippen LogP contribution in [0.1, 0.15) is 29.8 Å². The fraction of sp³-hybridized carbons (Fsp3) is 0.316. The molecule has 26 heavy (non-hydrogen) atoms. The smallest absolute Gasteiger partial charge is 0.295 e. The minimum atomic E-state index is -0.812. The SMILES string of the molecule is NCCNc1nc2cc(C(O)N[C@H]3CCOc4ccccc43)ccc2o1. The molecule has 0 radical (unpaired) electrons. The number of para-hydroxylation sites is 1. The van der Waals surface area contributed by atoms with Crippen LogP contribution in [-0.2, 0) is 0 Å². The maximum Gasteiger partial charge on any atom is 0.295 e. The van der Waals surface area contributed by atoms with E-state index in [2.05, 4.69) is 15.6 Å². The van der Waals surface area contributed by atoms with Gasteiger partial charge in [-0.05, 0) is 23.8 Å². The molecule has 7 heteroatoms. The van der Waals surface area contributed by atoms with Gasteiger partial charge in [0.25, 0.3) is 6.01 Å². The highest BCUT2D eigenvalue weighted by atomic mass is 16.5. The second-order valence-electron chi connectivity index (χ2n) is 6.26. The first-order valence-electron chi connectivity index (χ1n) is 8.75. The summed E-state index contributed by atoms with van der Waals surface area (Å²) in [6, 6.07) is 13.8. The molecule has 2 atom stereocenters. The van der Waals surface area contributed by atoms with E-state index in [1.807, 2.05) is 42.5 Å². The van der Waals surface area contributed by atoms with Crippen molar-refractivity contribution in [2.45, 2.75) is 18.7 Å². The summed E-state index contributed by atoms with van der Waals surface area (Å²) < 4.78 is 11.3. The normalized spacial score (nSPS) is 17.5. The summed E-state index contributed by atoms with van der Waals surface area (Å²) in [5.74, 6) is 0.867. The Kier molecular flexibility index (Phi) is 4.75. The fourth-order valence-electron chi connectivity index (χ4n) is 3.17. The van der Waals surface area contributed by atoms with E-state index < -0.39 is 6.23 Å². The van der Waals surface area contributed by atoms with Gasteiger partial charge in [-0.25, -0.2) is 0 Å². The Morgan fingerprint density at radius 3 is 3.04 bits per heavy atom. The van der Waals surface area contributed by atoms with Gasteiger partial charge >= 0.3 is 0 Å². The lowest BCUT2D eigenvalue weighted by atomic mass is 10.00. The van der Waals surface area contributed by atoms with Crippen LogP contribution in [0.5, 0.6) is 5.75 Å². The predicted octanol–water partition coefficient (Wildman–Crippen LogP) is 2.30.